The van der Waals surface area contributed by atoms with Crippen LogP contribution in [0.4, 0.5) is 16.2 Å². The Morgan fingerprint density at radius 3 is 2.84 bits per heavy atom. The molecule has 25 heavy (non-hydrogen) atoms. The number of ether oxygens (including phenoxy) is 1. The zero-order valence-corrected chi connectivity index (χ0v) is 13.7. The predicted molar refractivity (Wildman–Crippen MR) is 95.8 cm³/mol. The van der Waals surface area contributed by atoms with E-state index in [1.54, 1.807) is 18.6 Å². The summed E-state index contributed by atoms with van der Waals surface area (Å²) in [5.41, 5.74) is 3.95. The van der Waals surface area contributed by atoms with Gasteiger partial charge in [-0.25, -0.2) is 4.79 Å². The Morgan fingerprint density at radius 1 is 1.16 bits per heavy atom. The highest BCUT2D eigenvalue weighted by atomic mass is 16.5. The van der Waals surface area contributed by atoms with Gasteiger partial charge in [0.15, 0.2) is 0 Å². The van der Waals surface area contributed by atoms with E-state index in [0.29, 0.717) is 17.3 Å². The third kappa shape index (κ3) is 3.46. The monoisotopic (exact) mass is 337 g/mol. The standard InChI is InChI=1S/C18H19N5O2/c24-18(23-16-11-21-15-2-1-7-19-17(15)16)22-13-3-4-14(20-10-13)12-5-8-25-9-6-12/h1-4,7,10-12,21H,5-6,8-9H2,(H2,22,23,24). The number of fused-ring (bicyclic) bond motifs is 1. The number of amides is 2. The number of rotatable bonds is 3. The number of nitrogens with zero attached hydrogens (tertiary/aromatic N) is 2. The number of urea groups is 1. The lowest BCUT2D eigenvalue weighted by Crippen LogP contribution is -2.20. The molecule has 3 aromatic rings. The summed E-state index contributed by atoms with van der Waals surface area (Å²) in [7, 11) is 0. The number of aromatic nitrogens is 3. The van der Waals surface area contributed by atoms with Crippen molar-refractivity contribution in [2.24, 2.45) is 0 Å². The number of carbonyl (C=O) groups is 1. The molecule has 4 rings (SSSR count). The fraction of sp³-hybridized carbons (Fsp3) is 0.278. The summed E-state index contributed by atoms with van der Waals surface area (Å²) < 4.78 is 5.38. The molecule has 0 saturated carbocycles. The van der Waals surface area contributed by atoms with Crippen molar-refractivity contribution in [3.63, 3.8) is 0 Å². The van der Waals surface area contributed by atoms with Gasteiger partial charge >= 0.3 is 6.03 Å². The van der Waals surface area contributed by atoms with Crippen molar-refractivity contribution in [3.05, 3.63) is 48.5 Å². The van der Waals surface area contributed by atoms with E-state index in [-0.39, 0.29) is 6.03 Å². The Bertz CT molecular complexity index is 869. The zero-order chi connectivity index (χ0) is 17.1. The van der Waals surface area contributed by atoms with Gasteiger partial charge in [0.1, 0.15) is 5.52 Å². The Hall–Kier alpha value is -2.93. The van der Waals surface area contributed by atoms with Crippen LogP contribution in [0.1, 0.15) is 24.5 Å². The van der Waals surface area contributed by atoms with Gasteiger partial charge in [-0.1, -0.05) is 0 Å². The molecule has 128 valence electrons. The van der Waals surface area contributed by atoms with Gasteiger partial charge in [0.25, 0.3) is 0 Å². The Kier molecular flexibility index (Phi) is 4.30. The Labute approximate surface area is 144 Å². The summed E-state index contributed by atoms with van der Waals surface area (Å²) in [5.74, 6) is 0.439. The minimum Gasteiger partial charge on any atom is -0.381 e. The molecule has 0 atom stereocenters. The lowest BCUT2D eigenvalue weighted by atomic mass is 9.96. The molecule has 3 N–H and O–H groups in total. The molecule has 0 unspecified atom stereocenters. The highest BCUT2D eigenvalue weighted by Gasteiger charge is 2.17. The van der Waals surface area contributed by atoms with Crippen molar-refractivity contribution in [1.29, 1.82) is 0 Å². The minimum absolute atomic E-state index is 0.327. The van der Waals surface area contributed by atoms with Crippen LogP contribution in [0.25, 0.3) is 11.0 Å². The number of aromatic amines is 1. The number of H-pyrrole nitrogens is 1. The first-order valence-electron chi connectivity index (χ1n) is 8.33. The molecule has 0 aromatic carbocycles. The van der Waals surface area contributed by atoms with E-state index in [1.165, 1.54) is 0 Å². The number of anilines is 2. The minimum atomic E-state index is -0.327. The summed E-state index contributed by atoms with van der Waals surface area (Å²) in [6.45, 7) is 1.57. The molecule has 0 spiro atoms. The fourth-order valence-corrected chi connectivity index (χ4v) is 3.05. The molecule has 4 heterocycles. The number of hydrogen-bond acceptors (Lipinski definition) is 4. The summed E-state index contributed by atoms with van der Waals surface area (Å²) >= 11 is 0. The second-order valence-corrected chi connectivity index (χ2v) is 6.04. The normalized spacial score (nSPS) is 15.2. The molecule has 1 saturated heterocycles. The van der Waals surface area contributed by atoms with Crippen LogP contribution in [0, 0.1) is 0 Å². The molecule has 0 radical (unpaired) electrons. The smallest absolute Gasteiger partial charge is 0.323 e. The summed E-state index contributed by atoms with van der Waals surface area (Å²) in [6, 6.07) is 7.27. The van der Waals surface area contributed by atoms with Crippen LogP contribution in [0.3, 0.4) is 0 Å². The van der Waals surface area contributed by atoms with Gasteiger partial charge in [-0.15, -0.1) is 0 Å². The first-order valence-corrected chi connectivity index (χ1v) is 8.33. The van der Waals surface area contributed by atoms with Crippen LogP contribution in [-0.2, 0) is 4.74 Å². The van der Waals surface area contributed by atoms with Crippen molar-refractivity contribution >= 4 is 28.4 Å². The molecule has 2 amide bonds. The van der Waals surface area contributed by atoms with E-state index < -0.39 is 0 Å². The molecule has 1 fully saturated rings. The third-order valence-electron chi connectivity index (χ3n) is 4.37. The second-order valence-electron chi connectivity index (χ2n) is 6.04. The van der Waals surface area contributed by atoms with Crippen LogP contribution in [0.15, 0.2) is 42.9 Å². The maximum absolute atomic E-state index is 12.2. The maximum atomic E-state index is 12.2. The number of hydrogen-bond donors (Lipinski definition) is 3. The van der Waals surface area contributed by atoms with E-state index in [4.69, 9.17) is 4.74 Å². The molecule has 0 aliphatic carbocycles. The summed E-state index contributed by atoms with van der Waals surface area (Å²) in [6.07, 6.45) is 7.10. The largest absolute Gasteiger partial charge is 0.381 e. The van der Waals surface area contributed by atoms with Gasteiger partial charge < -0.3 is 20.4 Å². The molecular weight excluding hydrogens is 318 g/mol. The molecule has 3 aromatic heterocycles. The Balaban J connectivity index is 1.40. The van der Waals surface area contributed by atoms with E-state index in [0.717, 1.165) is 42.8 Å². The van der Waals surface area contributed by atoms with Crippen LogP contribution in [0.5, 0.6) is 0 Å². The van der Waals surface area contributed by atoms with Crippen LogP contribution >= 0.6 is 0 Å². The van der Waals surface area contributed by atoms with Crippen molar-refractivity contribution in [2.45, 2.75) is 18.8 Å². The fourth-order valence-electron chi connectivity index (χ4n) is 3.05. The van der Waals surface area contributed by atoms with Crippen molar-refractivity contribution in [2.75, 3.05) is 23.8 Å². The SMILES string of the molecule is O=C(Nc1ccc(C2CCOCC2)nc1)Nc1c[nH]c2cccnc12. The topological polar surface area (TPSA) is 91.9 Å². The number of pyridine rings is 2. The first-order chi connectivity index (χ1) is 12.3. The van der Waals surface area contributed by atoms with Gasteiger partial charge in [-0.05, 0) is 37.1 Å². The number of nitrogens with one attached hydrogen (secondary N) is 3. The molecule has 1 aliphatic heterocycles. The highest BCUT2D eigenvalue weighted by Crippen LogP contribution is 2.26. The first kappa shape index (κ1) is 15.6. The van der Waals surface area contributed by atoms with Crippen LogP contribution < -0.4 is 10.6 Å². The maximum Gasteiger partial charge on any atom is 0.323 e. The molecule has 1 aliphatic rings. The average molecular weight is 337 g/mol. The van der Waals surface area contributed by atoms with Gasteiger partial charge in [0, 0.05) is 37.2 Å². The second kappa shape index (κ2) is 6.90. The Morgan fingerprint density at radius 2 is 2.04 bits per heavy atom. The summed E-state index contributed by atoms with van der Waals surface area (Å²) in [4.78, 5) is 24.0. The molecular formula is C18H19N5O2. The van der Waals surface area contributed by atoms with Crippen LogP contribution in [-0.4, -0.2) is 34.2 Å². The van der Waals surface area contributed by atoms with E-state index in [2.05, 4.69) is 25.6 Å². The molecule has 7 heteroatoms. The van der Waals surface area contributed by atoms with E-state index >= 15 is 0 Å². The van der Waals surface area contributed by atoms with E-state index in [1.807, 2.05) is 24.3 Å². The highest BCUT2D eigenvalue weighted by molar-refractivity contribution is 6.04. The molecule has 0 bridgehead atoms. The molecule has 7 nitrogen and oxygen atoms in total. The van der Waals surface area contributed by atoms with Crippen molar-refractivity contribution in [3.8, 4) is 0 Å². The summed E-state index contributed by atoms with van der Waals surface area (Å²) in [5, 5.41) is 5.60. The predicted octanol–water partition coefficient (Wildman–Crippen LogP) is 3.50. The lowest BCUT2D eigenvalue weighted by Gasteiger charge is -2.21. The zero-order valence-electron chi connectivity index (χ0n) is 13.7. The van der Waals surface area contributed by atoms with Gasteiger partial charge in [0.05, 0.1) is 23.1 Å². The lowest BCUT2D eigenvalue weighted by molar-refractivity contribution is 0.0845. The van der Waals surface area contributed by atoms with E-state index in [9.17, 15) is 4.79 Å². The van der Waals surface area contributed by atoms with Gasteiger partial charge in [-0.2, -0.15) is 0 Å². The van der Waals surface area contributed by atoms with Crippen molar-refractivity contribution in [1.82, 2.24) is 15.0 Å². The average Bonchev–Trinajstić information content (AvgIpc) is 3.06. The van der Waals surface area contributed by atoms with Crippen LogP contribution in [0.2, 0.25) is 0 Å². The van der Waals surface area contributed by atoms with Crippen molar-refractivity contribution < 1.29 is 9.53 Å². The van der Waals surface area contributed by atoms with Gasteiger partial charge in [-0.3, -0.25) is 9.97 Å². The number of carbonyl (C=O) groups excluding carboxylic acids is 1. The quantitative estimate of drug-likeness (QED) is 0.682. The van der Waals surface area contributed by atoms with Gasteiger partial charge in [0.2, 0.25) is 0 Å². The third-order valence-corrected chi connectivity index (χ3v) is 4.37.